The lowest BCUT2D eigenvalue weighted by atomic mass is 10.3. The van der Waals surface area contributed by atoms with Gasteiger partial charge in [-0.3, -0.25) is 9.55 Å². The van der Waals surface area contributed by atoms with Crippen LogP contribution in [0.4, 0.5) is 0 Å². The van der Waals surface area contributed by atoms with Crippen LogP contribution in [0.5, 0.6) is 0 Å². The van der Waals surface area contributed by atoms with Gasteiger partial charge in [-0.25, -0.2) is 9.59 Å². The zero-order valence-corrected chi connectivity index (χ0v) is 7.46. The summed E-state index contributed by atoms with van der Waals surface area (Å²) in [5, 5.41) is 0. The normalized spacial score (nSPS) is 10.1. The van der Waals surface area contributed by atoms with E-state index in [2.05, 4.69) is 9.72 Å². The summed E-state index contributed by atoms with van der Waals surface area (Å²) in [5.41, 5.74) is 5.56. The van der Waals surface area contributed by atoms with Crippen molar-refractivity contribution in [1.29, 1.82) is 0 Å². The Bertz CT molecular complexity index is 377. The molecule has 6 nitrogen and oxygen atoms in total. The van der Waals surface area contributed by atoms with Crippen molar-refractivity contribution in [2.75, 3.05) is 7.11 Å². The third-order valence-electron chi connectivity index (χ3n) is 1.81. The zero-order valence-electron chi connectivity index (χ0n) is 7.46. The molecule has 0 aliphatic carbocycles. The molecule has 0 saturated heterocycles. The predicted octanol–water partition coefficient (Wildman–Crippen LogP) is -1.04. The second-order valence-electron chi connectivity index (χ2n) is 2.51. The molecule has 0 fully saturated rings. The maximum atomic E-state index is 11.1. The molecule has 72 valence electrons. The number of aromatic nitrogens is 2. The molecule has 1 aromatic heterocycles. The van der Waals surface area contributed by atoms with Crippen LogP contribution < -0.4 is 11.4 Å². The second-order valence-corrected chi connectivity index (χ2v) is 2.51. The Morgan fingerprint density at radius 2 is 2.31 bits per heavy atom. The van der Waals surface area contributed by atoms with E-state index < -0.39 is 5.97 Å². The fraction of sp³-hybridized carbons (Fsp3) is 0.429. The summed E-state index contributed by atoms with van der Waals surface area (Å²) >= 11 is 0. The first-order chi connectivity index (χ1) is 6.11. The van der Waals surface area contributed by atoms with E-state index in [9.17, 15) is 9.59 Å². The van der Waals surface area contributed by atoms with E-state index in [1.54, 1.807) is 0 Å². The molecule has 1 aromatic rings. The van der Waals surface area contributed by atoms with Crippen molar-refractivity contribution in [3.05, 3.63) is 21.9 Å². The Labute approximate surface area is 74.3 Å². The maximum absolute atomic E-state index is 11.1. The van der Waals surface area contributed by atoms with Gasteiger partial charge in [-0.15, -0.1) is 0 Å². The number of H-pyrrole nitrogens is 1. The summed E-state index contributed by atoms with van der Waals surface area (Å²) in [6.07, 6.45) is 0. The Balaban J connectivity index is 3.29. The van der Waals surface area contributed by atoms with Crippen LogP contribution in [0.1, 0.15) is 16.2 Å². The van der Waals surface area contributed by atoms with Crippen LogP contribution in [0.25, 0.3) is 0 Å². The van der Waals surface area contributed by atoms with Gasteiger partial charge in [0, 0.05) is 13.6 Å². The van der Waals surface area contributed by atoms with E-state index in [-0.39, 0.29) is 17.9 Å². The first-order valence-corrected chi connectivity index (χ1v) is 3.68. The molecule has 0 amide bonds. The molecule has 0 aliphatic rings. The summed E-state index contributed by atoms with van der Waals surface area (Å²) in [7, 11) is 2.78. The van der Waals surface area contributed by atoms with Gasteiger partial charge in [0.15, 0.2) is 0 Å². The number of hydrogen-bond donors (Lipinski definition) is 2. The van der Waals surface area contributed by atoms with E-state index >= 15 is 0 Å². The summed E-state index contributed by atoms with van der Waals surface area (Å²) in [6, 6.07) is 0. The van der Waals surface area contributed by atoms with Gasteiger partial charge in [-0.1, -0.05) is 0 Å². The molecule has 6 heteroatoms. The fourth-order valence-electron chi connectivity index (χ4n) is 1.06. The monoisotopic (exact) mass is 185 g/mol. The van der Waals surface area contributed by atoms with Crippen LogP contribution in [0.15, 0.2) is 4.79 Å². The van der Waals surface area contributed by atoms with Crippen molar-refractivity contribution in [3.8, 4) is 0 Å². The zero-order chi connectivity index (χ0) is 10.0. The highest BCUT2D eigenvalue weighted by Crippen LogP contribution is 2.02. The summed E-state index contributed by atoms with van der Waals surface area (Å²) in [6.45, 7) is 0.111. The van der Waals surface area contributed by atoms with Gasteiger partial charge in [0.1, 0.15) is 5.69 Å². The molecule has 0 radical (unpaired) electrons. The highest BCUT2D eigenvalue weighted by atomic mass is 16.5. The minimum Gasteiger partial charge on any atom is -0.464 e. The van der Waals surface area contributed by atoms with Gasteiger partial charge in [-0.2, -0.15) is 0 Å². The largest absolute Gasteiger partial charge is 0.464 e. The van der Waals surface area contributed by atoms with E-state index in [0.717, 1.165) is 0 Å². The molecule has 0 saturated carbocycles. The first-order valence-electron chi connectivity index (χ1n) is 3.68. The molecule has 0 bridgehead atoms. The van der Waals surface area contributed by atoms with Gasteiger partial charge in [0.2, 0.25) is 0 Å². The standard InChI is InChI=1S/C7H11N3O3/c1-10-4(3-8)5(6(11)13-2)9-7(10)12/h3,8H2,1-2H3,(H,9,12). The number of aromatic amines is 1. The van der Waals surface area contributed by atoms with Crippen molar-refractivity contribution in [2.45, 2.75) is 6.54 Å². The maximum Gasteiger partial charge on any atom is 0.356 e. The molecule has 0 spiro atoms. The number of carbonyl (C=O) groups excluding carboxylic acids is 1. The average Bonchev–Trinajstić information content (AvgIpc) is 2.42. The van der Waals surface area contributed by atoms with Crippen LogP contribution in [-0.2, 0) is 18.3 Å². The van der Waals surface area contributed by atoms with Gasteiger partial charge in [0.25, 0.3) is 0 Å². The van der Waals surface area contributed by atoms with Gasteiger partial charge < -0.3 is 10.5 Å². The van der Waals surface area contributed by atoms with E-state index in [4.69, 9.17) is 5.73 Å². The van der Waals surface area contributed by atoms with Crippen LogP contribution in [0.2, 0.25) is 0 Å². The van der Waals surface area contributed by atoms with Gasteiger partial charge in [-0.05, 0) is 0 Å². The number of carbonyl (C=O) groups is 1. The lowest BCUT2D eigenvalue weighted by Crippen LogP contribution is -2.16. The molecule has 1 rings (SSSR count). The van der Waals surface area contributed by atoms with Crippen molar-refractivity contribution in [1.82, 2.24) is 9.55 Å². The quantitative estimate of drug-likeness (QED) is 0.576. The minimum absolute atomic E-state index is 0.111. The van der Waals surface area contributed by atoms with Crippen LogP contribution >= 0.6 is 0 Å². The number of nitrogens with one attached hydrogen (secondary N) is 1. The Kier molecular flexibility index (Phi) is 2.52. The number of hydrogen-bond acceptors (Lipinski definition) is 4. The molecule has 0 aliphatic heterocycles. The number of nitrogens with zero attached hydrogens (tertiary/aromatic N) is 1. The Morgan fingerprint density at radius 3 is 2.77 bits per heavy atom. The number of rotatable bonds is 2. The average molecular weight is 185 g/mol. The lowest BCUT2D eigenvalue weighted by molar-refractivity contribution is 0.0593. The molecule has 13 heavy (non-hydrogen) atoms. The van der Waals surface area contributed by atoms with E-state index in [1.807, 2.05) is 0 Å². The molecule has 0 atom stereocenters. The molecule has 0 unspecified atom stereocenters. The topological polar surface area (TPSA) is 90.1 Å². The van der Waals surface area contributed by atoms with Crippen molar-refractivity contribution < 1.29 is 9.53 Å². The molecule has 0 aromatic carbocycles. The highest BCUT2D eigenvalue weighted by Gasteiger charge is 2.16. The van der Waals surface area contributed by atoms with Crippen LogP contribution in [-0.4, -0.2) is 22.6 Å². The number of methoxy groups -OCH3 is 1. The number of imidazole rings is 1. The molecule has 1 heterocycles. The fourth-order valence-corrected chi connectivity index (χ4v) is 1.06. The number of nitrogens with two attached hydrogens (primary N) is 1. The SMILES string of the molecule is COC(=O)c1[nH]c(=O)n(C)c1CN. The Hall–Kier alpha value is -1.56. The summed E-state index contributed by atoms with van der Waals surface area (Å²) < 4.78 is 5.75. The predicted molar refractivity (Wildman–Crippen MR) is 45.3 cm³/mol. The van der Waals surface area contributed by atoms with Crippen molar-refractivity contribution in [2.24, 2.45) is 12.8 Å². The third kappa shape index (κ3) is 1.48. The third-order valence-corrected chi connectivity index (χ3v) is 1.81. The number of ether oxygens (including phenoxy) is 1. The summed E-state index contributed by atoms with van der Waals surface area (Å²) in [5.74, 6) is -0.585. The molecular formula is C7H11N3O3. The highest BCUT2D eigenvalue weighted by molar-refractivity contribution is 5.88. The molecular weight excluding hydrogens is 174 g/mol. The number of esters is 1. The van der Waals surface area contributed by atoms with E-state index in [0.29, 0.717) is 5.69 Å². The van der Waals surface area contributed by atoms with Gasteiger partial charge in [0.05, 0.1) is 12.8 Å². The van der Waals surface area contributed by atoms with Crippen LogP contribution in [0, 0.1) is 0 Å². The molecule has 3 N–H and O–H groups in total. The first kappa shape index (κ1) is 9.53. The summed E-state index contributed by atoms with van der Waals surface area (Å²) in [4.78, 5) is 24.5. The lowest BCUT2D eigenvalue weighted by Gasteiger charge is -2.00. The smallest absolute Gasteiger partial charge is 0.356 e. The second kappa shape index (κ2) is 3.44. The Morgan fingerprint density at radius 1 is 1.69 bits per heavy atom. The van der Waals surface area contributed by atoms with Crippen LogP contribution in [0.3, 0.4) is 0 Å². The van der Waals surface area contributed by atoms with Gasteiger partial charge >= 0.3 is 11.7 Å². The minimum atomic E-state index is -0.585. The van der Waals surface area contributed by atoms with Crippen molar-refractivity contribution in [3.63, 3.8) is 0 Å². The van der Waals surface area contributed by atoms with Crippen molar-refractivity contribution >= 4 is 5.97 Å². The van der Waals surface area contributed by atoms with E-state index in [1.165, 1.54) is 18.7 Å².